The molecule has 1 spiro atoms. The largest absolute Gasteiger partial charge is 1.00 e. The summed E-state index contributed by atoms with van der Waals surface area (Å²) < 4.78 is 105. The average Bonchev–Trinajstić information content (AvgIpc) is 1.57. The Morgan fingerprint density at radius 1 is 0.753 bits per heavy atom. The van der Waals surface area contributed by atoms with Crippen LogP contribution in [-0.4, -0.2) is 244 Å². The Hall–Kier alpha value is -1.73. The topological polar surface area (TPSA) is 404 Å². The fourth-order valence-electron chi connectivity index (χ4n) is 16.1. The molecule has 3 saturated carbocycles. The molecule has 0 unspecified atom stereocenters. The number of allylic oxidation sites excluding steroid dienone is 5. The van der Waals surface area contributed by atoms with Gasteiger partial charge in [0.15, 0.2) is 36.4 Å². The third kappa shape index (κ3) is 11.9. The van der Waals surface area contributed by atoms with Gasteiger partial charge in [0.2, 0.25) is 10.4 Å². The van der Waals surface area contributed by atoms with Crippen molar-refractivity contribution in [2.75, 3.05) is 40.1 Å². The first kappa shape index (κ1) is 69.2. The molecule has 0 amide bonds. The van der Waals surface area contributed by atoms with Crippen LogP contribution in [0.5, 0.6) is 0 Å². The summed E-state index contributed by atoms with van der Waals surface area (Å²) in [6.45, 7) is 11.6. The number of aliphatic hydroxyl groups excluding tert-OH is 9. The fourth-order valence-corrected chi connectivity index (χ4v) is 16.4. The van der Waals surface area contributed by atoms with Crippen LogP contribution in [0, 0.1) is 39.4 Å². The first-order valence-corrected chi connectivity index (χ1v) is 30.1. The fraction of sp³-hybridized carbons (Fsp3) is 0.857. The van der Waals surface area contributed by atoms with Crippen LogP contribution < -0.4 is 29.6 Å². The molecule has 85 heavy (non-hydrogen) atoms. The molecule has 5 saturated heterocycles. The summed E-state index contributed by atoms with van der Waals surface area (Å²) in [5.41, 5.74) is -5.14. The van der Waals surface area contributed by atoms with Crippen LogP contribution in [0.3, 0.4) is 0 Å². The maximum atomic E-state index is 14.7. The van der Waals surface area contributed by atoms with E-state index in [0.29, 0.717) is 25.7 Å². The summed E-state index contributed by atoms with van der Waals surface area (Å²) in [5.74, 6) is -2.63. The molecule has 0 aromatic carbocycles. The van der Waals surface area contributed by atoms with Gasteiger partial charge in [-0.05, 0) is 88.0 Å². The number of methoxy groups -OCH3 is 1. The van der Waals surface area contributed by atoms with Gasteiger partial charge in [0, 0.05) is 25.4 Å². The van der Waals surface area contributed by atoms with Crippen LogP contribution in [-0.2, 0) is 76.3 Å². The van der Waals surface area contributed by atoms with E-state index in [-0.39, 0.29) is 54.2 Å². The van der Waals surface area contributed by atoms with Crippen molar-refractivity contribution < 1.29 is 159 Å². The molecule has 27 nitrogen and oxygen atoms in total. The van der Waals surface area contributed by atoms with Crippen LogP contribution in [0.25, 0.3) is 0 Å². The van der Waals surface area contributed by atoms with Crippen LogP contribution in [0.2, 0.25) is 0 Å². The Kier molecular flexibility index (Phi) is 21.0. The van der Waals surface area contributed by atoms with Gasteiger partial charge in [-0.1, -0.05) is 57.1 Å². The Morgan fingerprint density at radius 3 is 2.01 bits per heavy atom. The van der Waals surface area contributed by atoms with Gasteiger partial charge >= 0.3 is 41.5 Å². The van der Waals surface area contributed by atoms with E-state index in [2.05, 4.69) is 17.2 Å². The van der Waals surface area contributed by atoms with Gasteiger partial charge in [-0.2, -0.15) is 0 Å². The standard InChI is InChI=1S/C56H86O27S.Na/c1-25(2)11-10-16-54(8)56(68)35(76-26(3)59)19-53(7)29-12-13-33-51(4,5)34(15-17-52(33,6)28(29)14-18-55(53,56)50(67)83-54)79-49-45(36(61)27(22-73-49)23-75-84(69,70)71)82-47-39(64)38(63)43(32(21-58)78-47)81-46-40(65)42(30(60)24-74-46)80-48-41(66)44(72-9)37(62)31(20-57)77-48;/h10-12,16,27-28,30-49,57-58,60-66,68H,13-15,17-24H2,1-9H3,(H,69,70,71);/q;+1/p-1/b16-10+;/t27-,28+,30+,31+,32+,33-,34-,35-,36-,37+,38+,39+,40+,41+,42-,43+,44-,45+,46-,47-,48-,49-,52+,53-,54-,55+,56-;/m0./s1. The molecule has 0 aromatic rings. The Morgan fingerprint density at radius 2 is 1.38 bits per heavy atom. The second-order valence-corrected chi connectivity index (χ2v) is 26.8. The molecule has 0 aromatic heterocycles. The number of carbonyl (C=O) groups is 2. The Bertz CT molecular complexity index is 2600. The minimum absolute atomic E-state index is 0. The van der Waals surface area contributed by atoms with Crippen molar-refractivity contribution in [3.8, 4) is 0 Å². The maximum absolute atomic E-state index is 14.7. The number of carbonyl (C=O) groups excluding carboxylic acids is 2. The van der Waals surface area contributed by atoms with E-state index < -0.39 is 211 Å². The predicted octanol–water partition coefficient (Wildman–Crippen LogP) is -4.61. The molecular weight excluding hydrogens is 1160 g/mol. The molecule has 5 aliphatic heterocycles. The summed E-state index contributed by atoms with van der Waals surface area (Å²) in [7, 11) is -4.08. The molecule has 5 heterocycles. The number of aliphatic hydroxyl groups is 10. The van der Waals surface area contributed by atoms with Crippen LogP contribution in [0.1, 0.15) is 93.9 Å². The van der Waals surface area contributed by atoms with Crippen molar-refractivity contribution in [2.45, 2.75) is 222 Å². The van der Waals surface area contributed by atoms with E-state index in [1.54, 1.807) is 19.1 Å². The van der Waals surface area contributed by atoms with Gasteiger partial charge in [-0.25, -0.2) is 8.42 Å². The van der Waals surface area contributed by atoms with Crippen molar-refractivity contribution in [3.63, 3.8) is 0 Å². The van der Waals surface area contributed by atoms with Crippen LogP contribution >= 0.6 is 0 Å². The Balaban J connectivity index is 0.00000940. The van der Waals surface area contributed by atoms with Crippen molar-refractivity contribution in [1.82, 2.24) is 0 Å². The quantitative estimate of drug-likeness (QED) is 0.0164. The molecule has 9 aliphatic rings. The molecule has 29 heteroatoms. The normalized spacial score (nSPS) is 48.6. The molecule has 478 valence electrons. The summed E-state index contributed by atoms with van der Waals surface area (Å²) in [4.78, 5) is 27.5. The van der Waals surface area contributed by atoms with Gasteiger partial charge in [-0.15, -0.1) is 0 Å². The number of cyclic esters (lactones) is 1. The number of ether oxygens (including phenoxy) is 11. The summed E-state index contributed by atoms with van der Waals surface area (Å²) in [6, 6.07) is 0. The zero-order valence-corrected chi connectivity index (χ0v) is 52.4. The van der Waals surface area contributed by atoms with E-state index in [4.69, 9.17) is 52.1 Å². The van der Waals surface area contributed by atoms with Gasteiger partial charge in [-0.3, -0.25) is 13.8 Å². The second kappa shape index (κ2) is 25.7. The summed E-state index contributed by atoms with van der Waals surface area (Å²) in [5, 5.41) is 113. The SMILES string of the molecule is CO[C@@H]1[C@@H](O)[C@H](O[C@@H]2[C@@H](O)[C@H](O[C@H]3[C@H](O)[C@@H](O)[C@H](O[C@H]4[C@H](O[C@H]5CC[C@]6(C)[C@@H]7CC[C@]89C(=O)O[C@@](C)(/C=C/C=C(C)C)[C@@]8(O)[C@@H](OC(C)=O)C[C@@]9(C)C7=CC[C@H]6C5(C)C)OC[C@@H](COS(=O)(=O)[O-])[C@@H]4O)O[C@@H]3CO)OC[C@H]2O)O[C@H](CO)[C@H]1O.[Na+]. The molecular formula is C56H85NaO27S. The first-order chi connectivity index (χ1) is 39.3. The molecule has 0 radical (unpaired) electrons. The summed E-state index contributed by atoms with van der Waals surface area (Å²) >= 11 is 0. The predicted molar refractivity (Wildman–Crippen MR) is 281 cm³/mol. The van der Waals surface area contributed by atoms with Crippen molar-refractivity contribution in [3.05, 3.63) is 35.5 Å². The van der Waals surface area contributed by atoms with E-state index in [9.17, 15) is 73.6 Å². The second-order valence-electron chi connectivity index (χ2n) is 25.8. The first-order valence-electron chi connectivity index (χ1n) is 28.7. The zero-order chi connectivity index (χ0) is 61.6. The number of hydrogen-bond acceptors (Lipinski definition) is 27. The van der Waals surface area contributed by atoms with Gasteiger partial charge < -0.3 is 108 Å². The van der Waals surface area contributed by atoms with Crippen molar-refractivity contribution in [1.29, 1.82) is 0 Å². The third-order valence-corrected chi connectivity index (χ3v) is 20.8. The van der Waals surface area contributed by atoms with Crippen LogP contribution in [0.15, 0.2) is 35.5 Å². The number of rotatable bonds is 17. The Labute approximate surface area is 516 Å². The number of hydrogen-bond donors (Lipinski definition) is 10. The van der Waals surface area contributed by atoms with Gasteiger partial charge in [0.05, 0.1) is 45.2 Å². The molecule has 4 aliphatic carbocycles. The van der Waals surface area contributed by atoms with Gasteiger partial charge in [0.1, 0.15) is 84.8 Å². The van der Waals surface area contributed by atoms with E-state index >= 15 is 0 Å². The van der Waals surface area contributed by atoms with E-state index in [1.807, 2.05) is 40.7 Å². The van der Waals surface area contributed by atoms with Crippen LogP contribution in [0.4, 0.5) is 0 Å². The van der Waals surface area contributed by atoms with E-state index in [1.165, 1.54) is 14.0 Å². The summed E-state index contributed by atoms with van der Waals surface area (Å²) in [6.07, 6.45) is -20.6. The monoisotopic (exact) mass is 1240 g/mol. The van der Waals surface area contributed by atoms with Crippen molar-refractivity contribution >= 4 is 22.3 Å². The minimum Gasteiger partial charge on any atom is -0.726 e. The smallest absolute Gasteiger partial charge is 0.726 e. The zero-order valence-electron chi connectivity index (χ0n) is 49.6. The van der Waals surface area contributed by atoms with Crippen molar-refractivity contribution in [2.24, 2.45) is 39.4 Å². The third-order valence-electron chi connectivity index (χ3n) is 20.4. The molecule has 0 bridgehead atoms. The average molecular weight is 1250 g/mol. The minimum atomic E-state index is -5.26. The molecule has 9 rings (SSSR count). The maximum Gasteiger partial charge on any atom is 1.00 e. The number of fused-ring (bicyclic) bond motifs is 4. The molecule has 27 atom stereocenters. The number of esters is 2. The van der Waals surface area contributed by atoms with E-state index in [0.717, 1.165) is 11.1 Å². The molecule has 10 N–H and O–H groups in total. The molecule has 8 fully saturated rings. The van der Waals surface area contributed by atoms with Gasteiger partial charge in [0.25, 0.3) is 0 Å².